The lowest BCUT2D eigenvalue weighted by Gasteiger charge is -2.09. The molecule has 0 spiro atoms. The molecule has 0 radical (unpaired) electrons. The van der Waals surface area contributed by atoms with Crippen LogP contribution in [-0.2, 0) is 4.79 Å². The fourth-order valence-electron chi connectivity index (χ4n) is 1.40. The summed E-state index contributed by atoms with van der Waals surface area (Å²) in [6.07, 6.45) is 0. The van der Waals surface area contributed by atoms with Crippen LogP contribution in [0.1, 0.15) is 23.0 Å². The number of aryl methyl sites for hydroxylation is 1. The summed E-state index contributed by atoms with van der Waals surface area (Å²) >= 11 is 4.18. The highest BCUT2D eigenvalue weighted by Gasteiger charge is 2.19. The van der Waals surface area contributed by atoms with Gasteiger partial charge in [0, 0.05) is 11.1 Å². The van der Waals surface area contributed by atoms with Crippen LogP contribution in [0.25, 0.3) is 0 Å². The Morgan fingerprint density at radius 2 is 2.20 bits per heavy atom. The van der Waals surface area contributed by atoms with Crippen molar-refractivity contribution >= 4 is 51.3 Å². The molecular formula is C12H13N3O2S3. The fraction of sp³-hybridized carbons (Fsp3) is 0.250. The number of thiazole rings is 1. The maximum atomic E-state index is 12.1. The van der Waals surface area contributed by atoms with Crippen LogP contribution in [0.5, 0.6) is 0 Å². The molecule has 5 nitrogen and oxygen atoms in total. The van der Waals surface area contributed by atoms with Gasteiger partial charge in [0.25, 0.3) is 5.91 Å². The van der Waals surface area contributed by atoms with Crippen LogP contribution in [0, 0.1) is 6.92 Å². The molecule has 0 aliphatic rings. The van der Waals surface area contributed by atoms with Gasteiger partial charge in [-0.05, 0) is 25.3 Å². The summed E-state index contributed by atoms with van der Waals surface area (Å²) in [5, 5.41) is 6.58. The average molecular weight is 327 g/mol. The van der Waals surface area contributed by atoms with E-state index < -0.39 is 5.91 Å². The van der Waals surface area contributed by atoms with Crippen molar-refractivity contribution in [1.29, 1.82) is 0 Å². The third-order valence-electron chi connectivity index (χ3n) is 2.41. The zero-order valence-electron chi connectivity index (χ0n) is 10.9. The maximum Gasteiger partial charge on any atom is 0.251 e. The lowest BCUT2D eigenvalue weighted by Crippen LogP contribution is -2.23. The molecule has 0 fully saturated rings. The number of nitrogens with zero attached hydrogens (tertiary/aromatic N) is 1. The minimum Gasteiger partial charge on any atom is -0.366 e. The van der Waals surface area contributed by atoms with Gasteiger partial charge in [-0.25, -0.2) is 4.98 Å². The molecule has 2 aromatic heterocycles. The largest absolute Gasteiger partial charge is 0.366 e. The normalized spacial score (nSPS) is 12.1. The standard InChI is InChI=1S/C12H13N3O2S3/c1-6-5-19-12(14-6)20-7(2)10(17)15-11-8(9(13)16)3-4-18-11/h3-5,7H,1-2H3,(H2,13,16)(H,15,17)/t7-/m0/s1. The van der Waals surface area contributed by atoms with E-state index in [1.165, 1.54) is 34.4 Å². The number of carbonyl (C=O) groups is 2. The highest BCUT2D eigenvalue weighted by atomic mass is 32.2. The molecule has 2 aromatic rings. The summed E-state index contributed by atoms with van der Waals surface area (Å²) in [6.45, 7) is 3.71. The third-order valence-corrected chi connectivity index (χ3v) is 5.43. The summed E-state index contributed by atoms with van der Waals surface area (Å²) in [5.74, 6) is -0.717. The molecule has 0 unspecified atom stereocenters. The fourth-order valence-corrected chi connectivity index (χ4v) is 4.19. The van der Waals surface area contributed by atoms with Crippen molar-refractivity contribution in [3.63, 3.8) is 0 Å². The van der Waals surface area contributed by atoms with Crippen molar-refractivity contribution in [3.8, 4) is 0 Å². The number of primary amides is 1. The Bertz CT molecular complexity index is 635. The van der Waals surface area contributed by atoms with Gasteiger partial charge in [0.1, 0.15) is 5.00 Å². The molecule has 2 heterocycles. The first-order valence-corrected chi connectivity index (χ1v) is 8.38. The molecule has 0 aliphatic carbocycles. The van der Waals surface area contributed by atoms with Crippen molar-refractivity contribution in [2.45, 2.75) is 23.4 Å². The second kappa shape index (κ2) is 6.38. The van der Waals surface area contributed by atoms with E-state index in [-0.39, 0.29) is 11.2 Å². The average Bonchev–Trinajstić information content (AvgIpc) is 2.98. The van der Waals surface area contributed by atoms with Crippen LogP contribution in [0.2, 0.25) is 0 Å². The predicted molar refractivity (Wildman–Crippen MR) is 83.6 cm³/mol. The minimum atomic E-state index is -0.544. The molecule has 1 atom stereocenters. The van der Waals surface area contributed by atoms with E-state index in [4.69, 9.17) is 5.73 Å². The first-order valence-electron chi connectivity index (χ1n) is 5.74. The summed E-state index contributed by atoms with van der Waals surface area (Å²) in [7, 11) is 0. The quantitative estimate of drug-likeness (QED) is 0.827. The van der Waals surface area contributed by atoms with Crippen molar-refractivity contribution in [1.82, 2.24) is 4.98 Å². The number of hydrogen-bond acceptors (Lipinski definition) is 6. The van der Waals surface area contributed by atoms with Gasteiger partial charge in [0.15, 0.2) is 4.34 Å². The number of thiophene rings is 1. The smallest absolute Gasteiger partial charge is 0.251 e. The number of nitrogens with one attached hydrogen (secondary N) is 1. The molecule has 0 bridgehead atoms. The van der Waals surface area contributed by atoms with Crippen molar-refractivity contribution in [3.05, 3.63) is 28.1 Å². The second-order valence-corrected chi connectivity index (χ2v) is 7.39. The van der Waals surface area contributed by atoms with Crippen LogP contribution >= 0.6 is 34.4 Å². The molecule has 8 heteroatoms. The number of nitrogens with two attached hydrogens (primary N) is 1. The molecule has 106 valence electrons. The van der Waals surface area contributed by atoms with Gasteiger partial charge in [0.2, 0.25) is 5.91 Å². The van der Waals surface area contributed by atoms with Gasteiger partial charge in [-0.1, -0.05) is 11.8 Å². The summed E-state index contributed by atoms with van der Waals surface area (Å²) < 4.78 is 0.853. The Kier molecular flexibility index (Phi) is 4.79. The van der Waals surface area contributed by atoms with Crippen LogP contribution in [-0.4, -0.2) is 22.0 Å². The molecule has 0 aromatic carbocycles. The van der Waals surface area contributed by atoms with E-state index >= 15 is 0 Å². The minimum absolute atomic E-state index is 0.173. The molecule has 0 saturated carbocycles. The summed E-state index contributed by atoms with van der Waals surface area (Å²) in [4.78, 5) is 27.6. The van der Waals surface area contributed by atoms with Crippen LogP contribution in [0.3, 0.4) is 0 Å². The number of rotatable bonds is 5. The summed E-state index contributed by atoms with van der Waals surface area (Å²) in [6, 6.07) is 1.60. The van der Waals surface area contributed by atoms with Gasteiger partial charge in [-0.3, -0.25) is 9.59 Å². The van der Waals surface area contributed by atoms with Crippen molar-refractivity contribution in [2.75, 3.05) is 5.32 Å². The van der Waals surface area contributed by atoms with E-state index in [2.05, 4.69) is 10.3 Å². The van der Waals surface area contributed by atoms with Gasteiger partial charge < -0.3 is 11.1 Å². The highest BCUT2D eigenvalue weighted by molar-refractivity contribution is 8.02. The monoisotopic (exact) mass is 327 g/mol. The number of anilines is 1. The molecule has 0 aliphatic heterocycles. The molecule has 3 N–H and O–H groups in total. The van der Waals surface area contributed by atoms with Crippen LogP contribution < -0.4 is 11.1 Å². The van der Waals surface area contributed by atoms with Gasteiger partial charge >= 0.3 is 0 Å². The molecular weight excluding hydrogens is 314 g/mol. The first kappa shape index (κ1) is 15.0. The number of carbonyl (C=O) groups excluding carboxylic acids is 2. The maximum absolute atomic E-state index is 12.1. The number of hydrogen-bond donors (Lipinski definition) is 2. The SMILES string of the molecule is Cc1csc(S[C@@H](C)C(=O)Nc2sccc2C(N)=O)n1. The Labute approximate surface area is 128 Å². The topological polar surface area (TPSA) is 85.1 Å². The molecule has 2 rings (SSSR count). The zero-order valence-corrected chi connectivity index (χ0v) is 13.3. The van der Waals surface area contributed by atoms with E-state index in [0.717, 1.165) is 10.0 Å². The molecule has 20 heavy (non-hydrogen) atoms. The van der Waals surface area contributed by atoms with Gasteiger partial charge in [0.05, 0.1) is 10.8 Å². The lowest BCUT2D eigenvalue weighted by atomic mass is 10.3. The van der Waals surface area contributed by atoms with E-state index in [1.807, 2.05) is 12.3 Å². The number of aromatic nitrogens is 1. The third kappa shape index (κ3) is 3.59. The van der Waals surface area contributed by atoms with Crippen molar-refractivity contribution in [2.24, 2.45) is 5.73 Å². The van der Waals surface area contributed by atoms with Crippen molar-refractivity contribution < 1.29 is 9.59 Å². The van der Waals surface area contributed by atoms with E-state index in [1.54, 1.807) is 18.4 Å². The first-order chi connectivity index (χ1) is 9.47. The van der Waals surface area contributed by atoms with Gasteiger partial charge in [-0.15, -0.1) is 22.7 Å². The second-order valence-electron chi connectivity index (χ2n) is 4.03. The van der Waals surface area contributed by atoms with E-state index in [9.17, 15) is 9.59 Å². The Hall–Kier alpha value is -1.38. The lowest BCUT2D eigenvalue weighted by molar-refractivity contribution is -0.115. The van der Waals surface area contributed by atoms with E-state index in [0.29, 0.717) is 10.6 Å². The Morgan fingerprint density at radius 1 is 1.45 bits per heavy atom. The molecule has 0 saturated heterocycles. The predicted octanol–water partition coefficient (Wildman–Crippen LogP) is 2.73. The Balaban J connectivity index is 2.00. The Morgan fingerprint density at radius 3 is 2.80 bits per heavy atom. The molecule has 2 amide bonds. The van der Waals surface area contributed by atoms with Crippen LogP contribution in [0.4, 0.5) is 5.00 Å². The number of thioether (sulfide) groups is 1. The summed E-state index contributed by atoms with van der Waals surface area (Å²) in [5.41, 5.74) is 6.52. The highest BCUT2D eigenvalue weighted by Crippen LogP contribution is 2.28. The van der Waals surface area contributed by atoms with Crippen LogP contribution in [0.15, 0.2) is 21.2 Å². The van der Waals surface area contributed by atoms with Gasteiger partial charge in [-0.2, -0.15) is 0 Å². The zero-order chi connectivity index (χ0) is 14.7. The number of amides is 2.